The van der Waals surface area contributed by atoms with Crippen LogP contribution in [0.5, 0.6) is 0 Å². The minimum absolute atomic E-state index is 0.253. The van der Waals surface area contributed by atoms with Crippen LogP contribution in [-0.2, 0) is 0 Å². The minimum atomic E-state index is -0.349. The number of aliphatic hydroxyl groups is 1. The fraction of sp³-hybridized carbons (Fsp3) is 0.333. The molecule has 112 valence electrons. The van der Waals surface area contributed by atoms with E-state index in [1.165, 1.54) is 9.79 Å². The van der Waals surface area contributed by atoms with E-state index in [9.17, 15) is 5.11 Å². The first kappa shape index (κ1) is 16.5. The zero-order valence-corrected chi connectivity index (χ0v) is 14.2. The first-order chi connectivity index (χ1) is 10.2. The van der Waals surface area contributed by atoms with Gasteiger partial charge in [-0.25, -0.2) is 0 Å². The molecule has 0 heterocycles. The zero-order chi connectivity index (χ0) is 15.1. The normalized spacial score (nSPS) is 13.1. The summed E-state index contributed by atoms with van der Waals surface area (Å²) in [5.41, 5.74) is 0. The predicted octanol–water partition coefficient (Wildman–Crippen LogP) is 5.45. The lowest BCUT2D eigenvalue weighted by Gasteiger charge is -2.36. The van der Waals surface area contributed by atoms with Crippen LogP contribution in [0.25, 0.3) is 0 Å². The molecule has 0 radical (unpaired) electrons. The molecule has 0 spiro atoms. The van der Waals surface area contributed by atoms with Gasteiger partial charge in [0.1, 0.15) is 0 Å². The number of benzene rings is 2. The SMILES string of the molecule is CCC(O)C(CC)(Sc1ccccc1)Sc1ccccc1. The molecule has 1 N–H and O–H groups in total. The van der Waals surface area contributed by atoms with Gasteiger partial charge in [0.15, 0.2) is 0 Å². The Morgan fingerprint density at radius 2 is 1.29 bits per heavy atom. The second kappa shape index (κ2) is 7.92. The highest BCUT2D eigenvalue weighted by Gasteiger charge is 2.37. The lowest BCUT2D eigenvalue weighted by Crippen LogP contribution is -2.34. The molecule has 1 nitrogen and oxygen atoms in total. The molecule has 2 aromatic carbocycles. The Morgan fingerprint density at radius 3 is 1.62 bits per heavy atom. The van der Waals surface area contributed by atoms with Gasteiger partial charge in [-0.3, -0.25) is 0 Å². The summed E-state index contributed by atoms with van der Waals surface area (Å²) < 4.78 is -0.253. The summed E-state index contributed by atoms with van der Waals surface area (Å²) in [5, 5.41) is 10.6. The molecule has 0 amide bonds. The predicted molar refractivity (Wildman–Crippen MR) is 93.9 cm³/mol. The van der Waals surface area contributed by atoms with Gasteiger partial charge in [-0.15, -0.1) is 23.5 Å². The Balaban J connectivity index is 2.29. The van der Waals surface area contributed by atoms with Crippen molar-refractivity contribution >= 4 is 23.5 Å². The van der Waals surface area contributed by atoms with Gasteiger partial charge in [-0.1, -0.05) is 50.2 Å². The third-order valence-corrected chi connectivity index (χ3v) is 6.78. The Labute approximate surface area is 136 Å². The Hall–Kier alpha value is -0.900. The first-order valence-corrected chi connectivity index (χ1v) is 8.99. The molecule has 1 unspecified atom stereocenters. The van der Waals surface area contributed by atoms with Crippen molar-refractivity contribution in [1.29, 1.82) is 0 Å². The topological polar surface area (TPSA) is 20.2 Å². The van der Waals surface area contributed by atoms with Crippen molar-refractivity contribution in [2.75, 3.05) is 0 Å². The second-order valence-electron chi connectivity index (χ2n) is 4.92. The van der Waals surface area contributed by atoms with E-state index in [1.807, 2.05) is 43.3 Å². The lowest BCUT2D eigenvalue weighted by atomic mass is 10.1. The minimum Gasteiger partial charge on any atom is -0.391 e. The van der Waals surface area contributed by atoms with E-state index in [4.69, 9.17) is 0 Å². The van der Waals surface area contributed by atoms with Crippen LogP contribution in [0.1, 0.15) is 26.7 Å². The van der Waals surface area contributed by atoms with Crippen molar-refractivity contribution in [2.24, 2.45) is 0 Å². The van der Waals surface area contributed by atoms with E-state index in [1.54, 1.807) is 23.5 Å². The first-order valence-electron chi connectivity index (χ1n) is 7.36. The van der Waals surface area contributed by atoms with Gasteiger partial charge in [0.25, 0.3) is 0 Å². The Bertz CT molecular complexity index is 486. The smallest absolute Gasteiger partial charge is 0.0959 e. The number of hydrogen-bond acceptors (Lipinski definition) is 3. The average Bonchev–Trinajstić information content (AvgIpc) is 2.55. The van der Waals surface area contributed by atoms with E-state index >= 15 is 0 Å². The molecular formula is C18H22OS2. The third-order valence-electron chi connectivity index (χ3n) is 3.45. The molecule has 2 aromatic rings. The fourth-order valence-electron chi connectivity index (χ4n) is 2.22. The molecule has 3 heteroatoms. The fourth-order valence-corrected chi connectivity index (χ4v) is 5.25. The van der Waals surface area contributed by atoms with Gasteiger partial charge >= 0.3 is 0 Å². The van der Waals surface area contributed by atoms with Crippen molar-refractivity contribution in [3.63, 3.8) is 0 Å². The van der Waals surface area contributed by atoms with Gasteiger partial charge in [-0.2, -0.15) is 0 Å². The quantitative estimate of drug-likeness (QED) is 0.541. The largest absolute Gasteiger partial charge is 0.391 e. The molecule has 0 bridgehead atoms. The molecule has 21 heavy (non-hydrogen) atoms. The molecular weight excluding hydrogens is 296 g/mol. The maximum atomic E-state index is 10.6. The third kappa shape index (κ3) is 4.29. The molecule has 2 rings (SSSR count). The number of thioether (sulfide) groups is 2. The zero-order valence-electron chi connectivity index (χ0n) is 12.5. The molecule has 0 aliphatic heterocycles. The summed E-state index contributed by atoms with van der Waals surface area (Å²) in [5.74, 6) is 0. The summed E-state index contributed by atoms with van der Waals surface area (Å²) in [4.78, 5) is 2.41. The average molecular weight is 319 g/mol. The van der Waals surface area contributed by atoms with E-state index in [0.29, 0.717) is 0 Å². The monoisotopic (exact) mass is 318 g/mol. The summed E-state index contributed by atoms with van der Waals surface area (Å²) >= 11 is 3.55. The standard InChI is InChI=1S/C18H22OS2/c1-3-17(19)18(4-2,20-15-11-7-5-8-12-15)21-16-13-9-6-10-14-16/h5-14,17,19H,3-4H2,1-2H3. The van der Waals surface area contributed by atoms with Gasteiger partial charge in [0.2, 0.25) is 0 Å². The molecule has 0 fully saturated rings. The van der Waals surface area contributed by atoms with Crippen LogP contribution in [0.15, 0.2) is 70.5 Å². The molecule has 0 saturated heterocycles. The molecule has 0 aliphatic carbocycles. The van der Waals surface area contributed by atoms with E-state index in [-0.39, 0.29) is 10.2 Å². The highest BCUT2D eigenvalue weighted by molar-refractivity contribution is 8.18. The summed E-state index contributed by atoms with van der Waals surface area (Å²) in [6, 6.07) is 20.7. The number of hydrogen-bond donors (Lipinski definition) is 1. The van der Waals surface area contributed by atoms with Crippen LogP contribution < -0.4 is 0 Å². The van der Waals surface area contributed by atoms with Crippen molar-refractivity contribution in [1.82, 2.24) is 0 Å². The van der Waals surface area contributed by atoms with Gasteiger partial charge in [0, 0.05) is 9.79 Å². The van der Waals surface area contributed by atoms with Crippen LogP contribution in [-0.4, -0.2) is 15.3 Å². The van der Waals surface area contributed by atoms with E-state index in [0.717, 1.165) is 12.8 Å². The van der Waals surface area contributed by atoms with Gasteiger partial charge in [-0.05, 0) is 37.1 Å². The lowest BCUT2D eigenvalue weighted by molar-refractivity contribution is 0.155. The van der Waals surface area contributed by atoms with Crippen LogP contribution in [0.4, 0.5) is 0 Å². The van der Waals surface area contributed by atoms with Crippen LogP contribution in [0.2, 0.25) is 0 Å². The van der Waals surface area contributed by atoms with Crippen molar-refractivity contribution in [3.05, 3.63) is 60.7 Å². The number of aliphatic hydroxyl groups excluding tert-OH is 1. The molecule has 1 atom stereocenters. The summed E-state index contributed by atoms with van der Waals surface area (Å²) in [6.07, 6.45) is 1.31. The van der Waals surface area contributed by atoms with Crippen molar-refractivity contribution in [2.45, 2.75) is 46.7 Å². The van der Waals surface area contributed by atoms with Crippen LogP contribution >= 0.6 is 23.5 Å². The molecule has 0 aromatic heterocycles. The van der Waals surface area contributed by atoms with Crippen LogP contribution in [0.3, 0.4) is 0 Å². The van der Waals surface area contributed by atoms with Crippen molar-refractivity contribution < 1.29 is 5.11 Å². The van der Waals surface area contributed by atoms with Crippen molar-refractivity contribution in [3.8, 4) is 0 Å². The highest BCUT2D eigenvalue weighted by atomic mass is 32.2. The number of rotatable bonds is 7. The molecule has 0 aliphatic rings. The second-order valence-corrected chi connectivity index (χ2v) is 7.99. The maximum absolute atomic E-state index is 10.6. The Kier molecular flexibility index (Phi) is 6.22. The maximum Gasteiger partial charge on any atom is 0.0959 e. The van der Waals surface area contributed by atoms with E-state index in [2.05, 4.69) is 31.2 Å². The molecule has 0 saturated carbocycles. The van der Waals surface area contributed by atoms with Crippen LogP contribution in [0, 0.1) is 0 Å². The van der Waals surface area contributed by atoms with Gasteiger partial charge < -0.3 is 5.11 Å². The van der Waals surface area contributed by atoms with Gasteiger partial charge in [0.05, 0.1) is 10.2 Å². The highest BCUT2D eigenvalue weighted by Crippen LogP contribution is 2.50. The summed E-state index contributed by atoms with van der Waals surface area (Å²) in [7, 11) is 0. The summed E-state index contributed by atoms with van der Waals surface area (Å²) in [6.45, 7) is 4.21. The Morgan fingerprint density at radius 1 is 0.857 bits per heavy atom. The van der Waals surface area contributed by atoms with E-state index < -0.39 is 0 Å².